The van der Waals surface area contributed by atoms with Crippen LogP contribution in [0.4, 0.5) is 0 Å². The van der Waals surface area contributed by atoms with Gasteiger partial charge < -0.3 is 9.67 Å². The zero-order valence-electron chi connectivity index (χ0n) is 9.49. The second kappa shape index (κ2) is 3.92. The fourth-order valence-electron chi connectivity index (χ4n) is 1.86. The van der Waals surface area contributed by atoms with E-state index in [1.807, 2.05) is 11.4 Å². The van der Waals surface area contributed by atoms with Crippen molar-refractivity contribution < 1.29 is 9.90 Å². The van der Waals surface area contributed by atoms with Crippen LogP contribution in [-0.2, 0) is 0 Å². The van der Waals surface area contributed by atoms with Crippen LogP contribution in [0.25, 0.3) is 16.0 Å². The molecule has 0 amide bonds. The highest BCUT2D eigenvalue weighted by Crippen LogP contribution is 2.25. The van der Waals surface area contributed by atoms with Crippen molar-refractivity contribution >= 4 is 27.5 Å². The topological polar surface area (TPSA) is 68.0 Å². The molecule has 0 aliphatic rings. The van der Waals surface area contributed by atoms with Gasteiger partial charge in [-0.15, -0.1) is 11.3 Å². The molecule has 0 aliphatic heterocycles. The summed E-state index contributed by atoms with van der Waals surface area (Å²) in [6.45, 7) is 1.77. The molecular formula is C12H9N3O2S. The highest BCUT2D eigenvalue weighted by Gasteiger charge is 2.13. The smallest absolute Gasteiger partial charge is 0.337 e. The van der Waals surface area contributed by atoms with Crippen molar-refractivity contribution in [3.8, 4) is 5.82 Å². The Balaban J connectivity index is 2.23. The maximum Gasteiger partial charge on any atom is 0.337 e. The summed E-state index contributed by atoms with van der Waals surface area (Å²) in [5.74, 6) is -0.215. The number of rotatable bonds is 2. The van der Waals surface area contributed by atoms with E-state index in [0.717, 1.165) is 10.2 Å². The number of carboxylic acid groups (broad SMARTS) is 1. The molecule has 0 spiro atoms. The fourth-order valence-corrected chi connectivity index (χ4v) is 2.70. The first-order chi connectivity index (χ1) is 8.66. The van der Waals surface area contributed by atoms with Crippen LogP contribution in [0.5, 0.6) is 0 Å². The van der Waals surface area contributed by atoms with E-state index in [2.05, 4.69) is 9.97 Å². The van der Waals surface area contributed by atoms with Crippen LogP contribution in [0.2, 0.25) is 0 Å². The van der Waals surface area contributed by atoms with Crippen LogP contribution >= 0.6 is 11.3 Å². The number of carboxylic acids is 1. The standard InChI is InChI=1S/C12H9N3O2S/c1-7-4-15(5-8(7)12(16)17)11-10-9(2-3-18-10)13-6-14-11/h2-6H,1H3,(H,16,17). The molecule has 0 fully saturated rings. The number of carbonyl (C=O) groups is 1. The van der Waals surface area contributed by atoms with Crippen LogP contribution in [0.3, 0.4) is 0 Å². The molecule has 0 aliphatic carbocycles. The Morgan fingerprint density at radius 2 is 2.22 bits per heavy atom. The summed E-state index contributed by atoms with van der Waals surface area (Å²) in [6.07, 6.45) is 4.84. The highest BCUT2D eigenvalue weighted by molar-refractivity contribution is 7.17. The van der Waals surface area contributed by atoms with Crippen molar-refractivity contribution in [2.75, 3.05) is 0 Å². The molecule has 6 heteroatoms. The molecule has 0 radical (unpaired) electrons. The van der Waals surface area contributed by atoms with Gasteiger partial charge in [-0.25, -0.2) is 14.8 Å². The Kier molecular flexibility index (Phi) is 2.38. The van der Waals surface area contributed by atoms with E-state index in [-0.39, 0.29) is 0 Å². The number of fused-ring (bicyclic) bond motifs is 1. The summed E-state index contributed by atoms with van der Waals surface area (Å²) >= 11 is 1.54. The Bertz CT molecular complexity index is 745. The lowest BCUT2D eigenvalue weighted by Crippen LogP contribution is -1.97. The van der Waals surface area contributed by atoms with Gasteiger partial charge in [-0.3, -0.25) is 0 Å². The van der Waals surface area contributed by atoms with Crippen LogP contribution in [0.15, 0.2) is 30.2 Å². The number of nitrogens with zero attached hydrogens (tertiary/aromatic N) is 3. The first-order valence-electron chi connectivity index (χ1n) is 5.27. The van der Waals surface area contributed by atoms with Gasteiger partial charge in [0, 0.05) is 12.4 Å². The molecule has 18 heavy (non-hydrogen) atoms. The van der Waals surface area contributed by atoms with Gasteiger partial charge in [-0.2, -0.15) is 0 Å². The normalized spacial score (nSPS) is 10.9. The predicted molar refractivity (Wildman–Crippen MR) is 68.4 cm³/mol. The van der Waals surface area contributed by atoms with Crippen molar-refractivity contribution in [2.24, 2.45) is 0 Å². The number of aromatic carboxylic acids is 1. The largest absolute Gasteiger partial charge is 0.478 e. The zero-order valence-corrected chi connectivity index (χ0v) is 10.3. The van der Waals surface area contributed by atoms with Crippen LogP contribution < -0.4 is 0 Å². The maximum absolute atomic E-state index is 11.0. The minimum absolute atomic E-state index is 0.290. The first-order valence-corrected chi connectivity index (χ1v) is 6.15. The van der Waals surface area contributed by atoms with Gasteiger partial charge in [0.25, 0.3) is 0 Å². The SMILES string of the molecule is Cc1cn(-c2ncnc3ccsc23)cc1C(=O)O. The van der Waals surface area contributed by atoms with Crippen LogP contribution in [0.1, 0.15) is 15.9 Å². The highest BCUT2D eigenvalue weighted by atomic mass is 32.1. The molecule has 0 saturated heterocycles. The van der Waals surface area contributed by atoms with Crippen molar-refractivity contribution in [3.63, 3.8) is 0 Å². The van der Waals surface area contributed by atoms with Crippen molar-refractivity contribution in [1.82, 2.24) is 14.5 Å². The van der Waals surface area contributed by atoms with E-state index >= 15 is 0 Å². The number of thiophene rings is 1. The molecule has 1 N–H and O–H groups in total. The van der Waals surface area contributed by atoms with Crippen molar-refractivity contribution in [3.05, 3.63) is 41.3 Å². The average molecular weight is 259 g/mol. The van der Waals surface area contributed by atoms with Crippen LogP contribution in [0, 0.1) is 6.92 Å². The Morgan fingerprint density at radius 1 is 1.39 bits per heavy atom. The minimum atomic E-state index is -0.928. The summed E-state index contributed by atoms with van der Waals surface area (Å²) < 4.78 is 2.68. The van der Waals surface area contributed by atoms with E-state index in [1.165, 1.54) is 17.7 Å². The van der Waals surface area contributed by atoms with Crippen molar-refractivity contribution in [2.45, 2.75) is 6.92 Å². The molecule has 3 heterocycles. The molecule has 3 aromatic rings. The Morgan fingerprint density at radius 3 is 2.94 bits per heavy atom. The van der Waals surface area contributed by atoms with Gasteiger partial charge in [0.05, 0.1) is 15.8 Å². The second-order valence-electron chi connectivity index (χ2n) is 3.90. The van der Waals surface area contributed by atoms with Gasteiger partial charge in [0.2, 0.25) is 0 Å². The van der Waals surface area contributed by atoms with E-state index in [1.54, 1.807) is 23.9 Å². The van der Waals surface area contributed by atoms with Crippen LogP contribution in [-0.4, -0.2) is 25.6 Å². The third kappa shape index (κ3) is 1.58. The van der Waals surface area contributed by atoms with Gasteiger partial charge in [0.15, 0.2) is 5.82 Å². The zero-order chi connectivity index (χ0) is 12.7. The summed E-state index contributed by atoms with van der Waals surface area (Å²) in [7, 11) is 0. The lowest BCUT2D eigenvalue weighted by molar-refractivity contribution is 0.0696. The molecule has 0 atom stereocenters. The van der Waals surface area contributed by atoms with Gasteiger partial charge in [0.1, 0.15) is 6.33 Å². The lowest BCUT2D eigenvalue weighted by Gasteiger charge is -2.01. The molecule has 0 aromatic carbocycles. The summed E-state index contributed by atoms with van der Waals surface area (Å²) in [5.41, 5.74) is 1.87. The third-order valence-corrected chi connectivity index (χ3v) is 3.62. The van der Waals surface area contributed by atoms with E-state index in [4.69, 9.17) is 5.11 Å². The third-order valence-electron chi connectivity index (χ3n) is 2.73. The average Bonchev–Trinajstić information content (AvgIpc) is 2.94. The first kappa shape index (κ1) is 10.9. The molecule has 0 unspecified atom stereocenters. The molecule has 90 valence electrons. The molecule has 5 nitrogen and oxygen atoms in total. The molecular weight excluding hydrogens is 250 g/mol. The van der Waals surface area contributed by atoms with Crippen molar-refractivity contribution in [1.29, 1.82) is 0 Å². The minimum Gasteiger partial charge on any atom is -0.478 e. The summed E-state index contributed by atoms with van der Waals surface area (Å²) in [5, 5.41) is 11.0. The number of aromatic nitrogens is 3. The monoisotopic (exact) mass is 259 g/mol. The Hall–Kier alpha value is -2.21. The number of aryl methyl sites for hydroxylation is 1. The van der Waals surface area contributed by atoms with E-state index in [0.29, 0.717) is 16.9 Å². The van der Waals surface area contributed by atoms with E-state index in [9.17, 15) is 4.79 Å². The molecule has 0 bridgehead atoms. The van der Waals surface area contributed by atoms with Gasteiger partial charge in [-0.1, -0.05) is 0 Å². The molecule has 3 rings (SSSR count). The van der Waals surface area contributed by atoms with E-state index < -0.39 is 5.97 Å². The van der Waals surface area contributed by atoms with Gasteiger partial charge in [-0.05, 0) is 23.9 Å². The predicted octanol–water partition coefficient (Wildman–Crippen LogP) is 2.49. The fraction of sp³-hybridized carbons (Fsp3) is 0.0833. The molecule has 0 saturated carbocycles. The lowest BCUT2D eigenvalue weighted by atomic mass is 10.2. The summed E-state index contributed by atoms with van der Waals surface area (Å²) in [6, 6.07) is 1.92. The van der Waals surface area contributed by atoms with Gasteiger partial charge >= 0.3 is 5.97 Å². The second-order valence-corrected chi connectivity index (χ2v) is 4.82. The Labute approximate surface area is 106 Å². The summed E-state index contributed by atoms with van der Waals surface area (Å²) in [4.78, 5) is 19.4. The maximum atomic E-state index is 11.0. The number of hydrogen-bond acceptors (Lipinski definition) is 4. The molecule has 3 aromatic heterocycles. The quantitative estimate of drug-likeness (QED) is 0.767. The number of hydrogen-bond donors (Lipinski definition) is 1.